The van der Waals surface area contributed by atoms with Gasteiger partial charge in [0.25, 0.3) is 0 Å². The molecule has 1 aromatic rings. The molecule has 3 N–H and O–H groups in total. The quantitative estimate of drug-likeness (QED) is 0.724. The average Bonchev–Trinajstić information content (AvgIpc) is 2.35. The van der Waals surface area contributed by atoms with E-state index in [0.717, 1.165) is 0 Å². The Bertz CT molecular complexity index is 539. The highest BCUT2D eigenvalue weighted by atomic mass is 32.2. The van der Waals surface area contributed by atoms with Gasteiger partial charge in [-0.3, -0.25) is 5.32 Å². The molecule has 0 saturated heterocycles. The summed E-state index contributed by atoms with van der Waals surface area (Å²) < 4.78 is 30.8. The molecular formula is C12H18N2O5S. The van der Waals surface area contributed by atoms with Gasteiger partial charge in [0.1, 0.15) is 6.61 Å². The van der Waals surface area contributed by atoms with Crippen molar-refractivity contribution >= 4 is 21.8 Å². The third-order valence-electron chi connectivity index (χ3n) is 2.13. The minimum atomic E-state index is -3.55. The average molecular weight is 302 g/mol. The van der Waals surface area contributed by atoms with E-state index in [4.69, 9.17) is 5.11 Å². The Hall–Kier alpha value is -1.64. The maximum absolute atomic E-state index is 11.9. The van der Waals surface area contributed by atoms with Crippen LogP contribution < -0.4 is 10.0 Å². The number of sulfonamides is 1. The van der Waals surface area contributed by atoms with Gasteiger partial charge in [-0.15, -0.1) is 0 Å². The maximum atomic E-state index is 11.9. The summed E-state index contributed by atoms with van der Waals surface area (Å²) >= 11 is 0. The molecule has 0 aliphatic rings. The number of ether oxygens (including phenoxy) is 1. The summed E-state index contributed by atoms with van der Waals surface area (Å²) in [6.07, 6.45) is -0.713. The number of benzene rings is 1. The second-order valence-electron chi connectivity index (χ2n) is 4.28. The summed E-state index contributed by atoms with van der Waals surface area (Å²) in [5.41, 5.74) is 0.399. The number of carbonyl (C=O) groups excluding carboxylic acids is 1. The van der Waals surface area contributed by atoms with Gasteiger partial charge in [0.2, 0.25) is 10.0 Å². The number of aliphatic hydroxyl groups is 1. The lowest BCUT2D eigenvalue weighted by molar-refractivity contribution is 0.131. The molecule has 1 aromatic carbocycles. The first-order chi connectivity index (χ1) is 9.35. The number of hydrogen-bond acceptors (Lipinski definition) is 5. The minimum Gasteiger partial charge on any atom is -0.447 e. The monoisotopic (exact) mass is 302 g/mol. The molecule has 112 valence electrons. The number of rotatable bonds is 6. The summed E-state index contributed by atoms with van der Waals surface area (Å²) in [5, 5.41) is 10.9. The van der Waals surface area contributed by atoms with E-state index in [0.29, 0.717) is 5.69 Å². The number of amides is 1. The van der Waals surface area contributed by atoms with Crippen molar-refractivity contribution in [2.45, 2.75) is 24.8 Å². The summed E-state index contributed by atoms with van der Waals surface area (Å²) in [4.78, 5) is 11.3. The van der Waals surface area contributed by atoms with E-state index in [1.807, 2.05) is 0 Å². The molecule has 8 heteroatoms. The van der Waals surface area contributed by atoms with E-state index in [1.165, 1.54) is 24.3 Å². The second kappa shape index (κ2) is 7.22. The van der Waals surface area contributed by atoms with E-state index in [2.05, 4.69) is 14.8 Å². The number of carbonyl (C=O) groups is 1. The zero-order valence-corrected chi connectivity index (χ0v) is 12.1. The molecule has 0 heterocycles. The molecule has 7 nitrogen and oxygen atoms in total. The maximum Gasteiger partial charge on any atom is 0.411 e. The first-order valence-electron chi connectivity index (χ1n) is 6.02. The predicted octanol–water partition coefficient (Wildman–Crippen LogP) is 0.914. The molecule has 0 aliphatic heterocycles. The summed E-state index contributed by atoms with van der Waals surface area (Å²) in [6.45, 7) is 3.09. The minimum absolute atomic E-state index is 0.101. The van der Waals surface area contributed by atoms with Crippen molar-refractivity contribution < 1.29 is 23.1 Å². The fraction of sp³-hybridized carbons (Fsp3) is 0.417. The van der Waals surface area contributed by atoms with Gasteiger partial charge in [0.15, 0.2) is 0 Å². The van der Waals surface area contributed by atoms with Gasteiger partial charge in [-0.05, 0) is 38.1 Å². The Morgan fingerprint density at radius 2 is 1.90 bits per heavy atom. The fourth-order valence-electron chi connectivity index (χ4n) is 1.39. The molecule has 0 unspecified atom stereocenters. The zero-order chi connectivity index (χ0) is 15.2. The third-order valence-corrected chi connectivity index (χ3v) is 3.80. The summed E-state index contributed by atoms with van der Waals surface area (Å²) in [7, 11) is -3.55. The van der Waals surface area contributed by atoms with Crippen molar-refractivity contribution in [3.8, 4) is 0 Å². The lowest BCUT2D eigenvalue weighted by atomic mass is 10.3. The van der Waals surface area contributed by atoms with Gasteiger partial charge in [0, 0.05) is 11.7 Å². The van der Waals surface area contributed by atoms with E-state index in [9.17, 15) is 13.2 Å². The molecule has 1 amide bonds. The van der Waals surface area contributed by atoms with Crippen molar-refractivity contribution in [3.63, 3.8) is 0 Å². The normalized spacial score (nSPS) is 11.4. The van der Waals surface area contributed by atoms with Crippen LogP contribution in [0.1, 0.15) is 13.8 Å². The van der Waals surface area contributed by atoms with Gasteiger partial charge in [0.05, 0.1) is 11.5 Å². The molecule has 0 aromatic heterocycles. The first kappa shape index (κ1) is 16.4. The van der Waals surface area contributed by atoms with Crippen LogP contribution in [-0.2, 0) is 14.8 Å². The Morgan fingerprint density at radius 3 is 2.40 bits per heavy atom. The standard InChI is InChI=1S/C12H18N2O5S/c1-9(2)14-20(17,18)11-5-3-10(4-6-11)13-12(16)19-8-7-15/h3-6,9,14-15H,7-8H2,1-2H3,(H,13,16). The van der Waals surface area contributed by atoms with E-state index < -0.39 is 16.1 Å². The largest absolute Gasteiger partial charge is 0.447 e. The first-order valence-corrected chi connectivity index (χ1v) is 7.50. The smallest absolute Gasteiger partial charge is 0.411 e. The summed E-state index contributed by atoms with van der Waals surface area (Å²) in [5.74, 6) is 0. The SMILES string of the molecule is CC(C)NS(=O)(=O)c1ccc(NC(=O)OCCO)cc1. The van der Waals surface area contributed by atoms with Crippen LogP contribution in [0.3, 0.4) is 0 Å². The van der Waals surface area contributed by atoms with E-state index in [1.54, 1.807) is 13.8 Å². The van der Waals surface area contributed by atoms with Crippen molar-refractivity contribution in [3.05, 3.63) is 24.3 Å². The Morgan fingerprint density at radius 1 is 1.30 bits per heavy atom. The van der Waals surface area contributed by atoms with Gasteiger partial charge in [-0.1, -0.05) is 0 Å². The zero-order valence-electron chi connectivity index (χ0n) is 11.3. The topological polar surface area (TPSA) is 105 Å². The second-order valence-corrected chi connectivity index (χ2v) is 6.00. The van der Waals surface area contributed by atoms with Gasteiger partial charge in [-0.2, -0.15) is 0 Å². The predicted molar refractivity (Wildman–Crippen MR) is 74.0 cm³/mol. The molecule has 0 aliphatic carbocycles. The van der Waals surface area contributed by atoms with Crippen LogP contribution in [0, 0.1) is 0 Å². The number of anilines is 1. The van der Waals surface area contributed by atoms with E-state index >= 15 is 0 Å². The fourth-order valence-corrected chi connectivity index (χ4v) is 2.64. The van der Waals surface area contributed by atoms with Crippen molar-refractivity contribution in [2.24, 2.45) is 0 Å². The van der Waals surface area contributed by atoms with Crippen molar-refractivity contribution in [1.82, 2.24) is 4.72 Å². The van der Waals surface area contributed by atoms with Gasteiger partial charge < -0.3 is 9.84 Å². The van der Waals surface area contributed by atoms with Gasteiger partial charge in [-0.25, -0.2) is 17.9 Å². The highest BCUT2D eigenvalue weighted by Gasteiger charge is 2.15. The highest BCUT2D eigenvalue weighted by Crippen LogP contribution is 2.14. The van der Waals surface area contributed by atoms with Crippen LogP contribution >= 0.6 is 0 Å². The molecule has 0 bridgehead atoms. The highest BCUT2D eigenvalue weighted by molar-refractivity contribution is 7.89. The van der Waals surface area contributed by atoms with E-state index in [-0.39, 0.29) is 24.2 Å². The Kier molecular flexibility index (Phi) is 5.93. The molecule has 0 saturated carbocycles. The number of nitrogens with one attached hydrogen (secondary N) is 2. The van der Waals surface area contributed by atoms with Crippen LogP contribution in [-0.4, -0.2) is 38.9 Å². The number of aliphatic hydroxyl groups excluding tert-OH is 1. The molecule has 0 spiro atoms. The van der Waals surface area contributed by atoms with Crippen LogP contribution in [0.5, 0.6) is 0 Å². The van der Waals surface area contributed by atoms with Crippen LogP contribution in [0.2, 0.25) is 0 Å². The Labute approximate surface area is 118 Å². The molecule has 0 fully saturated rings. The molecular weight excluding hydrogens is 284 g/mol. The summed E-state index contributed by atoms with van der Waals surface area (Å²) in [6, 6.07) is 5.47. The molecule has 1 rings (SSSR count). The number of hydrogen-bond donors (Lipinski definition) is 3. The van der Waals surface area contributed by atoms with Gasteiger partial charge >= 0.3 is 6.09 Å². The third kappa shape index (κ3) is 5.16. The lowest BCUT2D eigenvalue weighted by Gasteiger charge is -2.10. The molecule has 0 atom stereocenters. The molecule has 20 heavy (non-hydrogen) atoms. The molecule has 0 radical (unpaired) electrons. The lowest BCUT2D eigenvalue weighted by Crippen LogP contribution is -2.30. The van der Waals surface area contributed by atoms with Crippen LogP contribution in [0.15, 0.2) is 29.2 Å². The van der Waals surface area contributed by atoms with Crippen molar-refractivity contribution in [1.29, 1.82) is 0 Å². The van der Waals surface area contributed by atoms with Crippen LogP contribution in [0.25, 0.3) is 0 Å². The Balaban J connectivity index is 2.72. The van der Waals surface area contributed by atoms with Crippen molar-refractivity contribution in [2.75, 3.05) is 18.5 Å². The van der Waals surface area contributed by atoms with Crippen LogP contribution in [0.4, 0.5) is 10.5 Å².